The number of phenols is 2. The Morgan fingerprint density at radius 1 is 1.00 bits per heavy atom. The summed E-state index contributed by atoms with van der Waals surface area (Å²) in [6.07, 6.45) is 2.93. The molecule has 0 aliphatic rings. The third-order valence-corrected chi connectivity index (χ3v) is 4.16. The summed E-state index contributed by atoms with van der Waals surface area (Å²) in [6, 6.07) is 10.7. The van der Waals surface area contributed by atoms with Gasteiger partial charge >= 0.3 is 0 Å². The van der Waals surface area contributed by atoms with Crippen LogP contribution in [0.2, 0.25) is 0 Å². The molecule has 2 aromatic carbocycles. The summed E-state index contributed by atoms with van der Waals surface area (Å²) >= 11 is 0. The third kappa shape index (κ3) is 4.22. The van der Waals surface area contributed by atoms with Gasteiger partial charge in [-0.3, -0.25) is 0 Å². The Morgan fingerprint density at radius 2 is 1.58 bits per heavy atom. The topological polar surface area (TPSA) is 58.9 Å². The number of aromatic hydroxyl groups is 2. The number of phenolic OH excluding ortho intramolecular Hbond substituents is 2. The number of methoxy groups -OCH3 is 2. The molecule has 0 aliphatic heterocycles. The predicted molar refractivity (Wildman–Crippen MR) is 95.8 cm³/mol. The van der Waals surface area contributed by atoms with E-state index < -0.39 is 0 Å². The van der Waals surface area contributed by atoms with Gasteiger partial charge in [-0.2, -0.15) is 0 Å². The molecule has 0 spiro atoms. The van der Waals surface area contributed by atoms with Crippen molar-refractivity contribution in [2.24, 2.45) is 5.92 Å². The van der Waals surface area contributed by atoms with Crippen molar-refractivity contribution in [3.05, 3.63) is 53.1 Å². The second-order valence-corrected chi connectivity index (χ2v) is 5.93. The van der Waals surface area contributed by atoms with Crippen LogP contribution in [0.5, 0.6) is 23.0 Å². The lowest BCUT2D eigenvalue weighted by atomic mass is 9.93. The lowest BCUT2D eigenvalue weighted by molar-refractivity contribution is 0.372. The number of benzene rings is 2. The molecule has 0 unspecified atom stereocenters. The molecule has 4 heteroatoms. The van der Waals surface area contributed by atoms with E-state index in [2.05, 4.69) is 19.9 Å². The van der Waals surface area contributed by atoms with Gasteiger partial charge in [0.1, 0.15) is 0 Å². The SMILES string of the molecule is COc1cc(C=C(C)[C@H](C)Cc2ccc(O)c(OC)c2)ccc1O. The highest BCUT2D eigenvalue weighted by atomic mass is 16.5. The van der Waals surface area contributed by atoms with E-state index in [0.717, 1.165) is 17.5 Å². The maximum absolute atomic E-state index is 9.68. The molecule has 2 aromatic rings. The number of hydrogen-bond acceptors (Lipinski definition) is 4. The summed E-state index contributed by atoms with van der Waals surface area (Å²) in [7, 11) is 3.09. The lowest BCUT2D eigenvalue weighted by Crippen LogP contribution is -2.01. The van der Waals surface area contributed by atoms with Crippen LogP contribution in [0.3, 0.4) is 0 Å². The van der Waals surface area contributed by atoms with Crippen molar-refractivity contribution in [2.75, 3.05) is 14.2 Å². The van der Waals surface area contributed by atoms with E-state index in [1.54, 1.807) is 19.2 Å². The van der Waals surface area contributed by atoms with Gasteiger partial charge in [-0.05, 0) is 54.7 Å². The van der Waals surface area contributed by atoms with Crippen LogP contribution in [0.15, 0.2) is 42.0 Å². The summed E-state index contributed by atoms with van der Waals surface area (Å²) in [4.78, 5) is 0. The van der Waals surface area contributed by atoms with Crippen molar-refractivity contribution in [3.8, 4) is 23.0 Å². The van der Waals surface area contributed by atoms with Gasteiger partial charge in [0.15, 0.2) is 23.0 Å². The Bertz CT molecular complexity index is 734. The smallest absolute Gasteiger partial charge is 0.161 e. The monoisotopic (exact) mass is 328 g/mol. The van der Waals surface area contributed by atoms with Gasteiger partial charge in [0.2, 0.25) is 0 Å². The zero-order chi connectivity index (χ0) is 17.7. The van der Waals surface area contributed by atoms with E-state index >= 15 is 0 Å². The molecule has 4 nitrogen and oxygen atoms in total. The summed E-state index contributed by atoms with van der Waals surface area (Å²) in [6.45, 7) is 4.24. The minimum atomic E-state index is 0.136. The van der Waals surface area contributed by atoms with Gasteiger partial charge in [0.25, 0.3) is 0 Å². The maximum atomic E-state index is 9.68. The number of rotatable bonds is 6. The molecule has 2 rings (SSSR count). The van der Waals surface area contributed by atoms with Crippen molar-refractivity contribution in [2.45, 2.75) is 20.3 Å². The first kappa shape index (κ1) is 17.7. The average molecular weight is 328 g/mol. The third-order valence-electron chi connectivity index (χ3n) is 4.16. The van der Waals surface area contributed by atoms with E-state index in [9.17, 15) is 10.2 Å². The van der Waals surface area contributed by atoms with Gasteiger partial charge in [0.05, 0.1) is 14.2 Å². The molecule has 2 N–H and O–H groups in total. The Labute approximate surface area is 143 Å². The minimum absolute atomic E-state index is 0.136. The van der Waals surface area contributed by atoms with Crippen LogP contribution in [0.25, 0.3) is 6.08 Å². The summed E-state index contributed by atoms with van der Waals surface area (Å²) in [5.41, 5.74) is 3.31. The van der Waals surface area contributed by atoms with E-state index in [0.29, 0.717) is 17.4 Å². The van der Waals surface area contributed by atoms with Crippen LogP contribution < -0.4 is 9.47 Å². The van der Waals surface area contributed by atoms with Gasteiger partial charge in [-0.1, -0.05) is 30.7 Å². The first-order chi connectivity index (χ1) is 11.4. The number of allylic oxidation sites excluding steroid dienone is 1. The zero-order valence-corrected chi connectivity index (χ0v) is 14.5. The van der Waals surface area contributed by atoms with Crippen LogP contribution in [0, 0.1) is 5.92 Å². The van der Waals surface area contributed by atoms with Crippen LogP contribution in [0.1, 0.15) is 25.0 Å². The molecule has 0 amide bonds. The van der Waals surface area contributed by atoms with Crippen LogP contribution in [-0.4, -0.2) is 24.4 Å². The number of hydrogen-bond donors (Lipinski definition) is 2. The van der Waals surface area contributed by atoms with E-state index in [-0.39, 0.29) is 11.5 Å². The van der Waals surface area contributed by atoms with E-state index in [4.69, 9.17) is 9.47 Å². The standard InChI is InChI=1S/C20H24O4/c1-13(9-15-5-7-17(21)19(11-15)23-3)14(2)10-16-6-8-18(22)20(12-16)24-4/h5-9,11-12,14,21-22H,10H2,1-4H3/t14-/m1/s1. The Hall–Kier alpha value is -2.62. The van der Waals surface area contributed by atoms with Crippen molar-refractivity contribution in [1.29, 1.82) is 0 Å². The van der Waals surface area contributed by atoms with Crippen LogP contribution in [-0.2, 0) is 6.42 Å². The molecule has 0 aromatic heterocycles. The van der Waals surface area contributed by atoms with Gasteiger partial charge in [-0.15, -0.1) is 0 Å². The van der Waals surface area contributed by atoms with Gasteiger partial charge in [0, 0.05) is 0 Å². The first-order valence-electron chi connectivity index (χ1n) is 7.85. The van der Waals surface area contributed by atoms with Crippen molar-refractivity contribution in [3.63, 3.8) is 0 Å². The molecule has 0 aliphatic carbocycles. The van der Waals surface area contributed by atoms with Crippen molar-refractivity contribution in [1.82, 2.24) is 0 Å². The van der Waals surface area contributed by atoms with E-state index in [1.165, 1.54) is 12.7 Å². The minimum Gasteiger partial charge on any atom is -0.504 e. The molecular weight excluding hydrogens is 304 g/mol. The van der Waals surface area contributed by atoms with Crippen molar-refractivity contribution >= 4 is 6.08 Å². The highest BCUT2D eigenvalue weighted by Crippen LogP contribution is 2.30. The van der Waals surface area contributed by atoms with Crippen molar-refractivity contribution < 1.29 is 19.7 Å². The second-order valence-electron chi connectivity index (χ2n) is 5.93. The zero-order valence-electron chi connectivity index (χ0n) is 14.5. The molecule has 0 fully saturated rings. The molecule has 0 bridgehead atoms. The molecule has 0 saturated heterocycles. The van der Waals surface area contributed by atoms with Gasteiger partial charge < -0.3 is 19.7 Å². The molecule has 0 saturated carbocycles. The molecule has 0 heterocycles. The highest BCUT2D eigenvalue weighted by molar-refractivity contribution is 5.58. The molecular formula is C20H24O4. The lowest BCUT2D eigenvalue weighted by Gasteiger charge is -2.14. The molecule has 1 atom stereocenters. The summed E-state index contributed by atoms with van der Waals surface area (Å²) in [5, 5.41) is 19.3. The van der Waals surface area contributed by atoms with E-state index in [1.807, 2.05) is 24.3 Å². The van der Waals surface area contributed by atoms with Crippen LogP contribution >= 0.6 is 0 Å². The van der Waals surface area contributed by atoms with Gasteiger partial charge in [-0.25, -0.2) is 0 Å². The average Bonchev–Trinajstić information content (AvgIpc) is 2.58. The number of ether oxygens (including phenoxy) is 2. The highest BCUT2D eigenvalue weighted by Gasteiger charge is 2.10. The molecule has 24 heavy (non-hydrogen) atoms. The maximum Gasteiger partial charge on any atom is 0.161 e. The first-order valence-corrected chi connectivity index (χ1v) is 7.85. The normalized spacial score (nSPS) is 12.8. The fraction of sp³-hybridized carbons (Fsp3) is 0.300. The fourth-order valence-corrected chi connectivity index (χ4v) is 2.55. The van der Waals surface area contributed by atoms with Crippen LogP contribution in [0.4, 0.5) is 0 Å². The Balaban J connectivity index is 2.15. The molecule has 128 valence electrons. The summed E-state index contributed by atoms with van der Waals surface area (Å²) < 4.78 is 10.3. The quantitative estimate of drug-likeness (QED) is 0.825. The predicted octanol–water partition coefficient (Wildman–Crippen LogP) is 4.40. The Morgan fingerprint density at radius 3 is 2.21 bits per heavy atom. The molecule has 0 radical (unpaired) electrons. The largest absolute Gasteiger partial charge is 0.504 e. The summed E-state index contributed by atoms with van der Waals surface area (Å²) in [5.74, 6) is 1.56. The fourth-order valence-electron chi connectivity index (χ4n) is 2.55. The second kappa shape index (κ2) is 7.77. The Kier molecular flexibility index (Phi) is 5.74.